The van der Waals surface area contributed by atoms with Crippen molar-refractivity contribution in [2.45, 2.75) is 0 Å². The zero-order valence-electron chi connectivity index (χ0n) is 14.3. The lowest BCUT2D eigenvalue weighted by molar-refractivity contribution is -0.130. The summed E-state index contributed by atoms with van der Waals surface area (Å²) in [5, 5.41) is 4.09. The van der Waals surface area contributed by atoms with E-state index in [0.29, 0.717) is 22.0 Å². The highest BCUT2D eigenvalue weighted by atomic mass is 35.5. The predicted molar refractivity (Wildman–Crippen MR) is 99.8 cm³/mol. The minimum atomic E-state index is -0.367. The largest absolute Gasteiger partial charge is 0.484 e. The molecule has 0 spiro atoms. The van der Waals surface area contributed by atoms with Gasteiger partial charge in [0.15, 0.2) is 12.4 Å². The van der Waals surface area contributed by atoms with Crippen LogP contribution in [0.5, 0.6) is 5.75 Å². The predicted octanol–water partition coefficient (Wildman–Crippen LogP) is 3.81. The van der Waals surface area contributed by atoms with Crippen LogP contribution in [0.2, 0.25) is 5.02 Å². The number of rotatable bonds is 5. The molecule has 0 saturated heterocycles. The molecule has 3 aromatic rings. The van der Waals surface area contributed by atoms with Crippen LogP contribution in [-0.4, -0.2) is 37.4 Å². The first-order valence-corrected chi connectivity index (χ1v) is 8.23. The van der Waals surface area contributed by atoms with Gasteiger partial charge in [0, 0.05) is 30.2 Å². The number of hydrogen-bond acceptors (Lipinski definition) is 4. The quantitative estimate of drug-likeness (QED) is 0.739. The summed E-state index contributed by atoms with van der Waals surface area (Å²) < 4.78 is 10.9. The topological polar surface area (TPSA) is 71.8 Å². The Balaban J connectivity index is 1.64. The van der Waals surface area contributed by atoms with Crippen LogP contribution >= 0.6 is 11.6 Å². The molecular weight excluding hydrogens is 356 g/mol. The van der Waals surface area contributed by atoms with Gasteiger partial charge in [-0.2, -0.15) is 0 Å². The zero-order valence-corrected chi connectivity index (χ0v) is 15.0. The number of hydrogen-bond donors (Lipinski definition) is 1. The van der Waals surface area contributed by atoms with Crippen LogP contribution in [0.4, 0.5) is 5.69 Å². The monoisotopic (exact) mass is 372 g/mol. The smallest absolute Gasteiger partial charge is 0.291 e. The van der Waals surface area contributed by atoms with Crippen molar-refractivity contribution in [3.63, 3.8) is 0 Å². The van der Waals surface area contributed by atoms with Crippen molar-refractivity contribution in [2.24, 2.45) is 0 Å². The lowest BCUT2D eigenvalue weighted by atomic mass is 10.2. The molecule has 0 aliphatic rings. The van der Waals surface area contributed by atoms with E-state index in [-0.39, 0.29) is 24.2 Å². The number of fused-ring (bicyclic) bond motifs is 1. The van der Waals surface area contributed by atoms with E-state index in [1.165, 1.54) is 4.90 Å². The highest BCUT2D eigenvalue weighted by Crippen LogP contribution is 2.24. The number of nitrogens with zero attached hydrogens (tertiary/aromatic N) is 1. The second-order valence-electron chi connectivity index (χ2n) is 5.85. The molecule has 0 radical (unpaired) electrons. The van der Waals surface area contributed by atoms with Crippen molar-refractivity contribution in [2.75, 3.05) is 26.0 Å². The maximum Gasteiger partial charge on any atom is 0.291 e. The summed E-state index contributed by atoms with van der Waals surface area (Å²) in [6.45, 7) is -0.0414. The third-order valence-electron chi connectivity index (χ3n) is 3.68. The number of likely N-dealkylation sites (N-methyl/N-ethyl adjacent to an activating group) is 1. The highest BCUT2D eigenvalue weighted by molar-refractivity contribution is 6.31. The minimum Gasteiger partial charge on any atom is -0.484 e. The lowest BCUT2D eigenvalue weighted by Gasteiger charge is -2.11. The van der Waals surface area contributed by atoms with Gasteiger partial charge < -0.3 is 19.4 Å². The van der Waals surface area contributed by atoms with Gasteiger partial charge in [-0.15, -0.1) is 0 Å². The van der Waals surface area contributed by atoms with E-state index in [0.717, 1.165) is 5.39 Å². The van der Waals surface area contributed by atoms with Gasteiger partial charge >= 0.3 is 0 Å². The summed E-state index contributed by atoms with van der Waals surface area (Å²) in [6, 6.07) is 13.5. The van der Waals surface area contributed by atoms with Crippen molar-refractivity contribution < 1.29 is 18.7 Å². The fourth-order valence-corrected chi connectivity index (χ4v) is 2.41. The minimum absolute atomic E-state index is 0.0414. The van der Waals surface area contributed by atoms with E-state index < -0.39 is 0 Å². The van der Waals surface area contributed by atoms with E-state index in [1.807, 2.05) is 0 Å². The first kappa shape index (κ1) is 17.8. The van der Waals surface area contributed by atoms with Crippen LogP contribution < -0.4 is 10.1 Å². The summed E-state index contributed by atoms with van der Waals surface area (Å²) in [4.78, 5) is 25.3. The average Bonchev–Trinajstić information content (AvgIpc) is 3.04. The number of halogens is 1. The molecule has 2 amide bonds. The Kier molecular flexibility index (Phi) is 5.14. The highest BCUT2D eigenvalue weighted by Gasteiger charge is 2.13. The Bertz CT molecular complexity index is 948. The number of anilines is 1. The molecular formula is C19H17ClN2O4. The number of benzene rings is 2. The molecule has 0 unspecified atom stereocenters. The van der Waals surface area contributed by atoms with E-state index in [4.69, 9.17) is 20.8 Å². The molecule has 1 heterocycles. The molecule has 134 valence electrons. The number of nitrogens with one attached hydrogen (secondary N) is 1. The van der Waals surface area contributed by atoms with Crippen LogP contribution in [0.1, 0.15) is 10.6 Å². The maximum absolute atomic E-state index is 12.3. The number of amides is 2. The Labute approximate surface area is 155 Å². The van der Waals surface area contributed by atoms with Crippen LogP contribution in [0, 0.1) is 0 Å². The molecule has 1 N–H and O–H groups in total. The van der Waals surface area contributed by atoms with Gasteiger partial charge in [-0.3, -0.25) is 9.59 Å². The lowest BCUT2D eigenvalue weighted by Crippen LogP contribution is -2.27. The van der Waals surface area contributed by atoms with Gasteiger partial charge in [-0.1, -0.05) is 11.6 Å². The van der Waals surface area contributed by atoms with E-state index in [2.05, 4.69) is 5.32 Å². The van der Waals surface area contributed by atoms with E-state index in [9.17, 15) is 9.59 Å². The number of carbonyl (C=O) groups is 2. The molecule has 0 atom stereocenters. The fourth-order valence-electron chi connectivity index (χ4n) is 2.23. The Morgan fingerprint density at radius 1 is 1.12 bits per heavy atom. The Hall–Kier alpha value is -2.99. The third-order valence-corrected chi connectivity index (χ3v) is 3.91. The van der Waals surface area contributed by atoms with Gasteiger partial charge in [0.2, 0.25) is 0 Å². The molecule has 0 bridgehead atoms. The first-order valence-electron chi connectivity index (χ1n) is 7.86. The average molecular weight is 373 g/mol. The molecule has 1 aromatic heterocycles. The second-order valence-corrected chi connectivity index (χ2v) is 6.28. The van der Waals surface area contributed by atoms with Crippen molar-refractivity contribution >= 4 is 40.1 Å². The van der Waals surface area contributed by atoms with Crippen LogP contribution in [-0.2, 0) is 4.79 Å². The summed E-state index contributed by atoms with van der Waals surface area (Å²) in [5.41, 5.74) is 1.17. The molecule has 26 heavy (non-hydrogen) atoms. The molecule has 0 fully saturated rings. The number of carbonyl (C=O) groups excluding carboxylic acids is 2. The standard InChI is InChI=1S/C19H17ClN2O4/c1-22(2)18(23)11-25-15-6-4-14(5-7-15)21-19(24)17-10-12-9-13(20)3-8-16(12)26-17/h3-10H,11H2,1-2H3,(H,21,24). The second kappa shape index (κ2) is 7.49. The van der Waals surface area contributed by atoms with E-state index >= 15 is 0 Å². The van der Waals surface area contributed by atoms with Gasteiger partial charge in [-0.25, -0.2) is 0 Å². The summed E-state index contributed by atoms with van der Waals surface area (Å²) in [5.74, 6) is 0.233. The molecule has 0 aliphatic carbocycles. The molecule has 6 nitrogen and oxygen atoms in total. The first-order chi connectivity index (χ1) is 12.4. The Morgan fingerprint density at radius 2 is 1.85 bits per heavy atom. The molecule has 0 saturated carbocycles. The SMILES string of the molecule is CN(C)C(=O)COc1ccc(NC(=O)c2cc3cc(Cl)ccc3o2)cc1. The van der Waals surface area contributed by atoms with Crippen molar-refractivity contribution in [3.8, 4) is 5.75 Å². The van der Waals surface area contributed by atoms with Crippen molar-refractivity contribution in [1.29, 1.82) is 0 Å². The normalized spacial score (nSPS) is 10.6. The molecule has 7 heteroatoms. The van der Waals surface area contributed by atoms with Crippen LogP contribution in [0.3, 0.4) is 0 Å². The summed E-state index contributed by atoms with van der Waals surface area (Å²) in [6.07, 6.45) is 0. The van der Waals surface area contributed by atoms with Crippen molar-refractivity contribution in [3.05, 3.63) is 59.3 Å². The van der Waals surface area contributed by atoms with Gasteiger partial charge in [-0.05, 0) is 48.5 Å². The van der Waals surface area contributed by atoms with Gasteiger partial charge in [0.05, 0.1) is 0 Å². The van der Waals surface area contributed by atoms with Crippen LogP contribution in [0.25, 0.3) is 11.0 Å². The number of furan rings is 1. The van der Waals surface area contributed by atoms with Crippen LogP contribution in [0.15, 0.2) is 52.9 Å². The summed E-state index contributed by atoms with van der Waals surface area (Å²) in [7, 11) is 3.33. The van der Waals surface area contributed by atoms with Gasteiger partial charge in [0.1, 0.15) is 11.3 Å². The van der Waals surface area contributed by atoms with E-state index in [1.54, 1.807) is 62.6 Å². The number of ether oxygens (including phenoxy) is 1. The van der Waals surface area contributed by atoms with Gasteiger partial charge in [0.25, 0.3) is 11.8 Å². The molecule has 3 rings (SSSR count). The third kappa shape index (κ3) is 4.15. The molecule has 2 aromatic carbocycles. The van der Waals surface area contributed by atoms with Crippen molar-refractivity contribution in [1.82, 2.24) is 4.90 Å². The summed E-state index contributed by atoms with van der Waals surface area (Å²) >= 11 is 5.94. The fraction of sp³-hybridized carbons (Fsp3) is 0.158. The maximum atomic E-state index is 12.3. The Morgan fingerprint density at radius 3 is 2.54 bits per heavy atom. The molecule has 0 aliphatic heterocycles. The zero-order chi connectivity index (χ0) is 18.7.